The van der Waals surface area contributed by atoms with Crippen molar-refractivity contribution in [2.45, 2.75) is 101 Å². The molecule has 2 saturated carbocycles. The summed E-state index contributed by atoms with van der Waals surface area (Å²) in [6.07, 6.45) is 9.96. The van der Waals surface area contributed by atoms with Crippen molar-refractivity contribution >= 4 is 46.1 Å². The van der Waals surface area contributed by atoms with E-state index in [-0.39, 0.29) is 23.9 Å². The fourth-order valence-electron chi connectivity index (χ4n) is 8.67. The summed E-state index contributed by atoms with van der Waals surface area (Å²) in [6.45, 7) is 1.21. The van der Waals surface area contributed by atoms with Gasteiger partial charge in [-0.1, -0.05) is 50.4 Å². The van der Waals surface area contributed by atoms with Crippen LogP contribution in [-0.2, 0) is 19.1 Å². The fourth-order valence-corrected chi connectivity index (χ4v) is 8.67. The molecule has 4 aliphatic rings. The first-order chi connectivity index (χ1) is 27.3. The summed E-state index contributed by atoms with van der Waals surface area (Å²) in [4.78, 5) is 72.3. The van der Waals surface area contributed by atoms with Crippen molar-refractivity contribution in [2.75, 3.05) is 27.3 Å². The van der Waals surface area contributed by atoms with Gasteiger partial charge in [-0.3, -0.25) is 9.59 Å². The predicted octanol–water partition coefficient (Wildman–Crippen LogP) is 6.00. The lowest BCUT2D eigenvalue weighted by atomic mass is 9.80. The van der Waals surface area contributed by atoms with Crippen LogP contribution in [0.15, 0.2) is 36.4 Å². The van der Waals surface area contributed by atoms with Crippen LogP contribution in [0.2, 0.25) is 0 Å². The van der Waals surface area contributed by atoms with Crippen molar-refractivity contribution < 1.29 is 28.7 Å². The molecule has 4 atom stereocenters. The Morgan fingerprint density at radius 1 is 0.679 bits per heavy atom. The molecule has 8 rings (SSSR count). The van der Waals surface area contributed by atoms with Crippen molar-refractivity contribution in [2.24, 2.45) is 11.8 Å². The summed E-state index contributed by atoms with van der Waals surface area (Å²) in [6, 6.07) is 10.1. The van der Waals surface area contributed by atoms with Gasteiger partial charge in [-0.2, -0.15) is 0 Å². The molecule has 294 valence electrons. The minimum Gasteiger partial charge on any atom is -0.453 e. The Bertz CT molecular complexity index is 2030. The average molecular weight is 763 g/mol. The van der Waals surface area contributed by atoms with E-state index < -0.39 is 24.3 Å². The zero-order valence-corrected chi connectivity index (χ0v) is 32.1. The molecule has 4 aromatic rings. The topological polar surface area (TPSA) is 175 Å². The van der Waals surface area contributed by atoms with Crippen molar-refractivity contribution in [3.05, 3.63) is 59.2 Å². The number of aromatic amines is 2. The number of rotatable bonds is 10. The number of H-pyrrole nitrogens is 2. The molecule has 56 heavy (non-hydrogen) atoms. The number of ether oxygens (including phenoxy) is 2. The first-order valence-electron chi connectivity index (χ1n) is 20.1. The van der Waals surface area contributed by atoms with Crippen LogP contribution in [-0.4, -0.2) is 93.1 Å². The number of fused-ring (bicyclic) bond motifs is 2. The van der Waals surface area contributed by atoms with E-state index in [4.69, 9.17) is 19.4 Å². The number of benzene rings is 2. The van der Waals surface area contributed by atoms with Gasteiger partial charge in [0.1, 0.15) is 23.7 Å². The molecule has 2 aliphatic carbocycles. The van der Waals surface area contributed by atoms with Gasteiger partial charge in [0, 0.05) is 24.2 Å². The molecule has 14 heteroatoms. The zero-order valence-electron chi connectivity index (χ0n) is 32.1. The molecule has 0 spiro atoms. The Morgan fingerprint density at radius 3 is 1.48 bits per heavy atom. The number of hydrogen-bond acceptors (Lipinski definition) is 8. The van der Waals surface area contributed by atoms with E-state index in [0.717, 1.165) is 109 Å². The Morgan fingerprint density at radius 2 is 1.11 bits per heavy atom. The number of alkyl carbamates (subject to hydrolysis) is 2. The minimum atomic E-state index is -0.621. The first kappa shape index (κ1) is 37.3. The summed E-state index contributed by atoms with van der Waals surface area (Å²) in [5.41, 5.74) is 4.90. The highest BCUT2D eigenvalue weighted by molar-refractivity contribution is 5.87. The highest BCUT2D eigenvalue weighted by Crippen LogP contribution is 2.37. The lowest BCUT2D eigenvalue weighted by Gasteiger charge is -2.32. The van der Waals surface area contributed by atoms with Crippen LogP contribution in [0, 0.1) is 23.7 Å². The first-order valence-corrected chi connectivity index (χ1v) is 20.1. The lowest BCUT2D eigenvalue weighted by Crippen LogP contribution is -2.49. The third-order valence-corrected chi connectivity index (χ3v) is 12.2. The van der Waals surface area contributed by atoms with E-state index in [9.17, 15) is 19.2 Å². The average Bonchev–Trinajstić information content (AvgIpc) is 4.00. The number of carbonyl (C=O) groups excluding carboxylic acids is 4. The smallest absolute Gasteiger partial charge is 0.407 e. The van der Waals surface area contributed by atoms with E-state index in [1.807, 2.05) is 46.2 Å². The van der Waals surface area contributed by atoms with Crippen LogP contribution >= 0.6 is 0 Å². The second-order valence-corrected chi connectivity index (χ2v) is 15.8. The van der Waals surface area contributed by atoms with E-state index >= 15 is 0 Å². The van der Waals surface area contributed by atoms with Crippen molar-refractivity contribution in [3.63, 3.8) is 0 Å². The summed E-state index contributed by atoms with van der Waals surface area (Å²) in [5.74, 6) is 8.72. The van der Waals surface area contributed by atoms with Crippen molar-refractivity contribution in [3.8, 4) is 11.8 Å². The van der Waals surface area contributed by atoms with E-state index in [1.54, 1.807) is 0 Å². The predicted molar refractivity (Wildman–Crippen MR) is 208 cm³/mol. The molecule has 4 N–H and O–H groups in total. The molecular formula is C42H50N8O6. The summed E-state index contributed by atoms with van der Waals surface area (Å²) < 4.78 is 9.68. The van der Waals surface area contributed by atoms with Gasteiger partial charge >= 0.3 is 12.2 Å². The van der Waals surface area contributed by atoms with Gasteiger partial charge in [-0.25, -0.2) is 19.6 Å². The highest BCUT2D eigenvalue weighted by Gasteiger charge is 2.39. The van der Waals surface area contributed by atoms with Gasteiger partial charge in [-0.15, -0.1) is 0 Å². The molecule has 4 fully saturated rings. The Labute approximate surface area is 325 Å². The van der Waals surface area contributed by atoms with Gasteiger partial charge in [-0.05, 0) is 86.8 Å². The largest absolute Gasteiger partial charge is 0.453 e. The maximum absolute atomic E-state index is 13.8. The number of imidazole rings is 2. The van der Waals surface area contributed by atoms with Crippen molar-refractivity contribution in [1.29, 1.82) is 0 Å². The second kappa shape index (κ2) is 16.3. The van der Waals surface area contributed by atoms with Gasteiger partial charge < -0.3 is 39.9 Å². The molecule has 4 heterocycles. The number of methoxy groups -OCH3 is 2. The quantitative estimate of drug-likeness (QED) is 0.143. The number of nitrogens with one attached hydrogen (secondary N) is 4. The van der Waals surface area contributed by atoms with E-state index in [1.165, 1.54) is 14.2 Å². The molecule has 2 aliphatic heterocycles. The molecular weight excluding hydrogens is 713 g/mol. The van der Waals surface area contributed by atoms with Crippen LogP contribution in [0.25, 0.3) is 22.1 Å². The maximum atomic E-state index is 13.8. The van der Waals surface area contributed by atoms with Crippen molar-refractivity contribution in [1.82, 2.24) is 40.4 Å². The maximum Gasteiger partial charge on any atom is 0.407 e. The van der Waals surface area contributed by atoms with Crippen LogP contribution in [0.4, 0.5) is 9.59 Å². The van der Waals surface area contributed by atoms with Gasteiger partial charge in [0.05, 0.1) is 48.4 Å². The molecule has 0 unspecified atom stereocenters. The summed E-state index contributed by atoms with van der Waals surface area (Å²) in [5, 5.41) is 5.58. The van der Waals surface area contributed by atoms with Crippen LogP contribution in [0.5, 0.6) is 0 Å². The Balaban J connectivity index is 0.958. The normalized spacial score (nSPS) is 20.8. The monoisotopic (exact) mass is 762 g/mol. The Kier molecular flexibility index (Phi) is 10.8. The molecule has 0 radical (unpaired) electrons. The fraction of sp³-hybridized carbons (Fsp3) is 0.524. The third kappa shape index (κ3) is 7.90. The third-order valence-electron chi connectivity index (χ3n) is 12.2. The number of carbonyl (C=O) groups is 4. The van der Waals surface area contributed by atoms with E-state index in [2.05, 4.69) is 32.4 Å². The molecule has 0 bridgehead atoms. The SMILES string of the molecule is COC(=O)N[C@H](CC1CCC1)C(=O)N1CCC[C@H]1c1nc2ccc(C#Cc3ccc4nc([C@@H]5CCCN5C(=O)[C@@H](CC5CCC5)NC(=O)OC)[nH]c4c3)cc2[nH]1. The van der Waals surface area contributed by atoms with Gasteiger partial charge in [0.15, 0.2) is 0 Å². The summed E-state index contributed by atoms with van der Waals surface area (Å²) >= 11 is 0. The molecule has 4 amide bonds. The number of nitrogens with zero attached hydrogens (tertiary/aromatic N) is 4. The summed E-state index contributed by atoms with van der Waals surface area (Å²) in [7, 11) is 2.63. The zero-order chi connectivity index (χ0) is 38.8. The van der Waals surface area contributed by atoms with Crippen LogP contribution < -0.4 is 10.6 Å². The molecule has 2 aromatic carbocycles. The lowest BCUT2D eigenvalue weighted by molar-refractivity contribution is -0.135. The second-order valence-electron chi connectivity index (χ2n) is 15.8. The van der Waals surface area contributed by atoms with Gasteiger partial charge in [0.25, 0.3) is 0 Å². The van der Waals surface area contributed by atoms with Crippen LogP contribution in [0.1, 0.15) is 112 Å². The number of hydrogen-bond donors (Lipinski definition) is 4. The number of aromatic nitrogens is 4. The van der Waals surface area contributed by atoms with Crippen LogP contribution in [0.3, 0.4) is 0 Å². The minimum absolute atomic E-state index is 0.0898. The number of amides is 4. The number of likely N-dealkylation sites (tertiary alicyclic amines) is 2. The molecule has 14 nitrogen and oxygen atoms in total. The standard InChI is InChI=1S/C42H50N8O6/c1-55-41(53)47-33(23-25-7-3-8-25)39(51)49-19-5-11-35(49)37-43-29-17-15-27(21-31(29)45-37)13-14-28-16-18-30-32(22-28)46-38(44-30)36-12-6-20-50(36)40(52)34(48-42(54)56-2)24-26-9-4-10-26/h15-18,21-22,25-26,33-36H,3-12,19-20,23-24H2,1-2H3,(H,43,45)(H,44,46)(H,47,53)(H,48,54)/t33-,34-,35+,36+/m1/s1. The molecule has 2 aromatic heterocycles. The highest BCUT2D eigenvalue weighted by atomic mass is 16.5. The van der Waals surface area contributed by atoms with E-state index in [0.29, 0.717) is 37.8 Å². The Hall–Kier alpha value is -5.58. The van der Waals surface area contributed by atoms with Gasteiger partial charge in [0.2, 0.25) is 11.8 Å². The molecule has 2 saturated heterocycles.